The number of aliphatic hydroxyl groups is 1. The van der Waals surface area contributed by atoms with Crippen molar-refractivity contribution < 1.29 is 42.4 Å². The third-order valence-electron chi connectivity index (χ3n) is 5.51. The van der Waals surface area contributed by atoms with Crippen molar-refractivity contribution in [1.29, 1.82) is 0 Å². The van der Waals surface area contributed by atoms with Crippen molar-refractivity contribution in [1.82, 2.24) is 4.31 Å². The molecule has 14 nitrogen and oxygen atoms in total. The molecule has 0 aliphatic carbocycles. The molecular formula is C20H19N3O11S. The van der Waals surface area contributed by atoms with Crippen LogP contribution < -0.4 is 4.74 Å². The molecule has 2 aliphatic rings. The predicted molar refractivity (Wildman–Crippen MR) is 115 cm³/mol. The number of fused-ring (bicyclic) bond motifs is 1. The van der Waals surface area contributed by atoms with Gasteiger partial charge in [-0.2, -0.15) is 4.31 Å². The molecule has 0 radical (unpaired) electrons. The Kier molecular flexibility index (Phi) is 6.66. The van der Waals surface area contributed by atoms with Crippen LogP contribution in [0.15, 0.2) is 41.3 Å². The molecule has 0 bridgehead atoms. The predicted octanol–water partition coefficient (Wildman–Crippen LogP) is 1.24. The summed E-state index contributed by atoms with van der Waals surface area (Å²) in [5.74, 6) is -0.776. The van der Waals surface area contributed by atoms with E-state index in [1.54, 1.807) is 0 Å². The summed E-state index contributed by atoms with van der Waals surface area (Å²) >= 11 is 0. The average Bonchev–Trinajstić information content (AvgIpc) is 3.24. The maximum atomic E-state index is 13.2. The molecule has 2 aromatic carbocycles. The molecule has 0 unspecified atom stereocenters. The van der Waals surface area contributed by atoms with Crippen LogP contribution in [-0.2, 0) is 37.5 Å². The zero-order chi connectivity index (χ0) is 25.3. The lowest BCUT2D eigenvalue weighted by molar-refractivity contribution is -0.387. The van der Waals surface area contributed by atoms with Crippen molar-refractivity contribution in [3.63, 3.8) is 0 Å². The highest BCUT2D eigenvalue weighted by molar-refractivity contribution is 7.89. The van der Waals surface area contributed by atoms with Gasteiger partial charge < -0.3 is 19.3 Å². The van der Waals surface area contributed by atoms with Crippen LogP contribution in [0.1, 0.15) is 17.5 Å². The molecule has 4 rings (SSSR count). The van der Waals surface area contributed by atoms with Gasteiger partial charge in [-0.1, -0.05) is 12.1 Å². The summed E-state index contributed by atoms with van der Waals surface area (Å²) in [6.07, 6.45) is -1.51. The van der Waals surface area contributed by atoms with Gasteiger partial charge in [0.15, 0.2) is 11.7 Å². The number of para-hydroxylation sites is 1. The molecule has 2 heterocycles. The number of hydrogen-bond acceptors (Lipinski definition) is 11. The summed E-state index contributed by atoms with van der Waals surface area (Å²) in [4.78, 5) is 33.4. The maximum absolute atomic E-state index is 13.2. The zero-order valence-corrected chi connectivity index (χ0v) is 18.8. The molecule has 0 spiro atoms. The van der Waals surface area contributed by atoms with Gasteiger partial charge >= 0.3 is 5.97 Å². The smallest absolute Gasteiger partial charge is 0.324 e. The summed E-state index contributed by atoms with van der Waals surface area (Å²) in [6, 6.07) is 5.63. The van der Waals surface area contributed by atoms with Crippen LogP contribution in [0.2, 0.25) is 0 Å². The van der Waals surface area contributed by atoms with Gasteiger partial charge in [-0.05, 0) is 6.07 Å². The Morgan fingerprint density at radius 2 is 1.94 bits per heavy atom. The van der Waals surface area contributed by atoms with Crippen molar-refractivity contribution >= 4 is 27.4 Å². The van der Waals surface area contributed by atoms with Crippen LogP contribution in [0.3, 0.4) is 0 Å². The average molecular weight is 509 g/mol. The fourth-order valence-corrected chi connectivity index (χ4v) is 5.74. The standard InChI is InChI=1S/C20H19N3O11S/c24-15-7-17(21(8-15)35(30,31)18-4-2-1-3-16(18)23(28)29)20(25)33-10-13-6-14(22(26)27)5-12-9-32-11-34-19(12)13/h1-6,15,17,24H,7-11H2/t15-,17-/m0/s1. The molecule has 1 fully saturated rings. The van der Waals surface area contributed by atoms with Crippen LogP contribution in [0.4, 0.5) is 11.4 Å². The normalized spacial score (nSPS) is 20.0. The largest absolute Gasteiger partial charge is 0.467 e. The fourth-order valence-electron chi connectivity index (χ4n) is 3.96. The van der Waals surface area contributed by atoms with Gasteiger partial charge in [0.25, 0.3) is 21.4 Å². The van der Waals surface area contributed by atoms with Crippen molar-refractivity contribution in [3.8, 4) is 5.75 Å². The molecule has 186 valence electrons. The summed E-state index contributed by atoms with van der Waals surface area (Å²) in [5.41, 5.74) is -0.393. The van der Waals surface area contributed by atoms with Crippen molar-refractivity contribution in [2.24, 2.45) is 0 Å². The van der Waals surface area contributed by atoms with E-state index >= 15 is 0 Å². The van der Waals surface area contributed by atoms with E-state index in [1.807, 2.05) is 0 Å². The number of β-amino-alcohol motifs (C(OH)–C–C–N with tert-alkyl or cyclic N) is 1. The Bertz CT molecular complexity index is 1300. The van der Waals surface area contributed by atoms with Crippen LogP contribution in [0.5, 0.6) is 5.75 Å². The van der Waals surface area contributed by atoms with E-state index in [9.17, 15) is 38.5 Å². The summed E-state index contributed by atoms with van der Waals surface area (Å²) in [6.45, 7) is -1.01. The minimum absolute atomic E-state index is 0.0503. The van der Waals surface area contributed by atoms with E-state index in [2.05, 4.69) is 0 Å². The highest BCUT2D eigenvalue weighted by atomic mass is 32.2. The lowest BCUT2D eigenvalue weighted by atomic mass is 10.1. The minimum atomic E-state index is -4.56. The summed E-state index contributed by atoms with van der Waals surface area (Å²) in [5, 5.41) is 32.7. The molecule has 0 aromatic heterocycles. The first-order valence-electron chi connectivity index (χ1n) is 10.2. The van der Waals surface area contributed by atoms with E-state index in [1.165, 1.54) is 24.3 Å². The van der Waals surface area contributed by atoms with E-state index in [0.29, 0.717) is 9.87 Å². The Morgan fingerprint density at radius 1 is 1.20 bits per heavy atom. The van der Waals surface area contributed by atoms with E-state index in [4.69, 9.17) is 14.2 Å². The lowest BCUT2D eigenvalue weighted by Crippen LogP contribution is -2.41. The summed E-state index contributed by atoms with van der Waals surface area (Å²) < 4.78 is 42.8. The van der Waals surface area contributed by atoms with Crippen LogP contribution >= 0.6 is 0 Å². The van der Waals surface area contributed by atoms with Crippen molar-refractivity contribution in [2.75, 3.05) is 13.3 Å². The van der Waals surface area contributed by atoms with Gasteiger partial charge in [-0.25, -0.2) is 8.42 Å². The van der Waals surface area contributed by atoms with Crippen LogP contribution in [0, 0.1) is 20.2 Å². The van der Waals surface area contributed by atoms with Gasteiger partial charge in [-0.3, -0.25) is 25.0 Å². The second-order valence-electron chi connectivity index (χ2n) is 7.77. The quantitative estimate of drug-likeness (QED) is 0.321. The molecule has 15 heteroatoms. The van der Waals surface area contributed by atoms with Crippen molar-refractivity contribution in [3.05, 3.63) is 67.8 Å². The maximum Gasteiger partial charge on any atom is 0.324 e. The number of carbonyl (C=O) groups is 1. The third kappa shape index (κ3) is 4.79. The molecule has 2 atom stereocenters. The van der Waals surface area contributed by atoms with Gasteiger partial charge in [0.2, 0.25) is 0 Å². The molecule has 2 aliphatic heterocycles. The molecule has 2 aromatic rings. The molecule has 1 N–H and O–H groups in total. The second-order valence-corrected chi connectivity index (χ2v) is 9.63. The molecule has 35 heavy (non-hydrogen) atoms. The highest BCUT2D eigenvalue weighted by Gasteiger charge is 2.46. The molecule has 1 saturated heterocycles. The minimum Gasteiger partial charge on any atom is -0.467 e. The van der Waals surface area contributed by atoms with Gasteiger partial charge in [0, 0.05) is 42.3 Å². The van der Waals surface area contributed by atoms with Gasteiger partial charge in [0.05, 0.1) is 22.6 Å². The number of rotatable bonds is 7. The number of non-ortho nitro benzene ring substituents is 1. The second kappa shape index (κ2) is 9.53. The number of nitrogens with zero attached hydrogens (tertiary/aromatic N) is 3. The number of aliphatic hydroxyl groups excluding tert-OH is 1. The number of esters is 1. The first-order chi connectivity index (χ1) is 16.6. The van der Waals surface area contributed by atoms with Crippen molar-refractivity contribution in [2.45, 2.75) is 36.7 Å². The number of nitro groups is 2. The number of ether oxygens (including phenoxy) is 3. The van der Waals surface area contributed by atoms with E-state index in [-0.39, 0.29) is 36.8 Å². The van der Waals surface area contributed by atoms with Gasteiger partial charge in [-0.15, -0.1) is 0 Å². The van der Waals surface area contributed by atoms with E-state index < -0.39 is 61.7 Å². The SMILES string of the molecule is O=C(OCc1cc([N+](=O)[O-])cc2c1OCOC2)[C@@H]1C[C@H](O)CN1S(=O)(=O)c1ccccc1[N+](=O)[O-]. The zero-order valence-electron chi connectivity index (χ0n) is 17.9. The van der Waals surface area contributed by atoms with Crippen LogP contribution in [-0.4, -0.2) is 59.1 Å². The lowest BCUT2D eigenvalue weighted by Gasteiger charge is -2.23. The number of carbonyl (C=O) groups excluding carboxylic acids is 1. The molecule has 0 saturated carbocycles. The monoisotopic (exact) mass is 509 g/mol. The Balaban J connectivity index is 1.59. The number of sulfonamides is 1. The first kappa shape index (κ1) is 24.5. The Morgan fingerprint density at radius 3 is 2.66 bits per heavy atom. The molecular weight excluding hydrogens is 490 g/mol. The van der Waals surface area contributed by atoms with Gasteiger partial charge in [0.1, 0.15) is 18.4 Å². The van der Waals surface area contributed by atoms with E-state index in [0.717, 1.165) is 12.1 Å². The molecule has 0 amide bonds. The summed E-state index contributed by atoms with van der Waals surface area (Å²) in [7, 11) is -4.56. The fraction of sp³-hybridized carbons (Fsp3) is 0.350. The Hall–Kier alpha value is -3.66. The number of hydrogen-bond donors (Lipinski definition) is 1. The Labute approximate surface area is 198 Å². The topological polar surface area (TPSA) is 189 Å². The number of nitro benzene ring substituents is 2. The third-order valence-corrected chi connectivity index (χ3v) is 7.43. The van der Waals surface area contributed by atoms with Crippen LogP contribution in [0.25, 0.3) is 0 Å². The number of benzene rings is 2. The highest BCUT2D eigenvalue weighted by Crippen LogP contribution is 2.35. The first-order valence-corrected chi connectivity index (χ1v) is 11.6.